The summed E-state index contributed by atoms with van der Waals surface area (Å²) in [5.74, 6) is -0.0945. The first-order valence-electron chi connectivity index (χ1n) is 10.8. The van der Waals surface area contributed by atoms with Gasteiger partial charge in [0.2, 0.25) is 5.91 Å². The van der Waals surface area contributed by atoms with Crippen molar-refractivity contribution < 1.29 is 17.9 Å². The molecule has 3 rings (SSSR count). The van der Waals surface area contributed by atoms with Gasteiger partial charge in [0, 0.05) is 19.2 Å². The van der Waals surface area contributed by atoms with Crippen LogP contribution < -0.4 is 27.0 Å². The molecule has 1 aromatic carbocycles. The third-order valence-electron chi connectivity index (χ3n) is 5.53. The molecule has 2 aromatic rings. The van der Waals surface area contributed by atoms with Gasteiger partial charge in [0.05, 0.1) is 16.5 Å². The molecular weight excluding hydrogens is 484 g/mol. The number of rotatable bonds is 7. The van der Waals surface area contributed by atoms with Crippen LogP contribution in [-0.4, -0.2) is 41.1 Å². The van der Waals surface area contributed by atoms with Crippen LogP contribution in [-0.2, 0) is 27.7 Å². The van der Waals surface area contributed by atoms with E-state index >= 15 is 0 Å². The fourth-order valence-electron chi connectivity index (χ4n) is 3.64. The first-order chi connectivity index (χ1) is 16.1. The Hall–Kier alpha value is -3.05. The van der Waals surface area contributed by atoms with Crippen LogP contribution in [0.5, 0.6) is 5.75 Å². The zero-order valence-corrected chi connectivity index (χ0v) is 20.5. The lowest BCUT2D eigenvalue weighted by Gasteiger charge is -2.23. The van der Waals surface area contributed by atoms with E-state index in [9.17, 15) is 22.8 Å². The molecule has 12 heteroatoms. The zero-order valence-electron chi connectivity index (χ0n) is 18.9. The number of nitrogen functional groups attached to an aromatic ring is 1. The van der Waals surface area contributed by atoms with Crippen molar-refractivity contribution in [1.82, 2.24) is 9.13 Å². The van der Waals surface area contributed by atoms with E-state index in [1.54, 1.807) is 32.0 Å². The minimum absolute atomic E-state index is 0.0921. The third-order valence-corrected chi connectivity index (χ3v) is 7.54. The molecule has 1 aliphatic rings. The predicted molar refractivity (Wildman–Crippen MR) is 132 cm³/mol. The highest BCUT2D eigenvalue weighted by molar-refractivity contribution is 7.91. The van der Waals surface area contributed by atoms with E-state index in [4.69, 9.17) is 22.1 Å². The van der Waals surface area contributed by atoms with Crippen molar-refractivity contribution >= 4 is 44.9 Å². The summed E-state index contributed by atoms with van der Waals surface area (Å²) in [5.41, 5.74) is 5.19. The third kappa shape index (κ3) is 5.71. The molecule has 1 aliphatic heterocycles. The van der Waals surface area contributed by atoms with E-state index in [2.05, 4.69) is 5.32 Å². The molecule has 0 atom stereocenters. The lowest BCUT2D eigenvalue weighted by molar-refractivity contribution is -0.111. The van der Waals surface area contributed by atoms with Crippen LogP contribution in [0.2, 0.25) is 5.02 Å². The molecule has 0 bridgehead atoms. The molecule has 34 heavy (non-hydrogen) atoms. The molecule has 0 unspecified atom stereocenters. The summed E-state index contributed by atoms with van der Waals surface area (Å²) in [4.78, 5) is 37.3. The molecule has 1 fully saturated rings. The maximum absolute atomic E-state index is 12.6. The normalized spacial score (nSPS) is 16.0. The second kappa shape index (κ2) is 10.5. The Kier molecular flexibility index (Phi) is 7.88. The van der Waals surface area contributed by atoms with Gasteiger partial charge in [0.1, 0.15) is 23.4 Å². The van der Waals surface area contributed by atoms with Crippen molar-refractivity contribution in [2.45, 2.75) is 45.9 Å². The molecule has 1 aromatic heterocycles. The second-order valence-corrected chi connectivity index (χ2v) is 10.5. The van der Waals surface area contributed by atoms with Crippen LogP contribution in [0, 0.1) is 0 Å². The number of nitrogens with zero attached hydrogens (tertiary/aromatic N) is 2. The molecule has 0 radical (unpaired) electrons. The number of carbonyl (C=O) groups excluding carboxylic acids is 1. The van der Waals surface area contributed by atoms with Gasteiger partial charge >= 0.3 is 5.69 Å². The van der Waals surface area contributed by atoms with E-state index in [1.165, 1.54) is 16.7 Å². The average Bonchev–Trinajstić information content (AvgIpc) is 2.79. The van der Waals surface area contributed by atoms with Gasteiger partial charge in [-0.25, -0.2) is 13.2 Å². The Balaban J connectivity index is 1.72. The topological polar surface area (TPSA) is 142 Å². The smallest absolute Gasteiger partial charge is 0.332 e. The number of hydrogen-bond acceptors (Lipinski definition) is 7. The van der Waals surface area contributed by atoms with Crippen molar-refractivity contribution in [3.05, 3.63) is 55.7 Å². The highest BCUT2D eigenvalue weighted by atomic mass is 35.5. The summed E-state index contributed by atoms with van der Waals surface area (Å²) in [6.45, 7) is 3.74. The number of hydrogen-bond donors (Lipinski definition) is 2. The molecule has 0 saturated carbocycles. The lowest BCUT2D eigenvalue weighted by Crippen LogP contribution is -2.42. The fraction of sp³-hybridized carbons (Fsp3) is 0.409. The van der Waals surface area contributed by atoms with Gasteiger partial charge in [-0.3, -0.25) is 18.7 Å². The van der Waals surface area contributed by atoms with Crippen molar-refractivity contribution in [3.8, 4) is 5.75 Å². The predicted octanol–water partition coefficient (Wildman–Crippen LogP) is 1.89. The SMILES string of the molecule is CCn1c(N)c(NC(=O)/C=C/c2ccc(OC3CCS(=O)(=O)CC3)c(Cl)c2)c(=O)n(CC)c1=O. The maximum Gasteiger partial charge on any atom is 0.332 e. The van der Waals surface area contributed by atoms with Gasteiger partial charge < -0.3 is 15.8 Å². The molecule has 1 saturated heterocycles. The first-order valence-corrected chi connectivity index (χ1v) is 13.0. The number of ether oxygens (including phenoxy) is 1. The highest BCUT2D eigenvalue weighted by Gasteiger charge is 2.25. The minimum atomic E-state index is -2.98. The molecule has 1 amide bonds. The molecule has 0 spiro atoms. The minimum Gasteiger partial charge on any atom is -0.489 e. The second-order valence-electron chi connectivity index (χ2n) is 7.82. The van der Waals surface area contributed by atoms with Gasteiger partial charge in [-0.15, -0.1) is 0 Å². The number of nitrogens with one attached hydrogen (secondary N) is 1. The Labute approximate surface area is 201 Å². The van der Waals surface area contributed by atoms with Crippen LogP contribution in [0.4, 0.5) is 11.5 Å². The number of nitrogens with two attached hydrogens (primary N) is 1. The van der Waals surface area contributed by atoms with Crippen LogP contribution in [0.1, 0.15) is 32.3 Å². The summed E-state index contributed by atoms with van der Waals surface area (Å²) in [5, 5.41) is 2.78. The van der Waals surface area contributed by atoms with Gasteiger partial charge in [0.15, 0.2) is 9.84 Å². The summed E-state index contributed by atoms with van der Waals surface area (Å²) < 4.78 is 31.2. The molecule has 0 aliphatic carbocycles. The first kappa shape index (κ1) is 25.6. The zero-order chi connectivity index (χ0) is 25.0. The van der Waals surface area contributed by atoms with E-state index in [1.807, 2.05) is 0 Å². The Morgan fingerprint density at radius 1 is 1.21 bits per heavy atom. The summed E-state index contributed by atoms with van der Waals surface area (Å²) in [7, 11) is -2.98. The van der Waals surface area contributed by atoms with Crippen LogP contribution in [0.25, 0.3) is 6.08 Å². The highest BCUT2D eigenvalue weighted by Crippen LogP contribution is 2.29. The fourth-order valence-corrected chi connectivity index (χ4v) is 5.32. The number of anilines is 2. The quantitative estimate of drug-likeness (QED) is 0.541. The van der Waals surface area contributed by atoms with E-state index < -0.39 is 27.0 Å². The standard InChI is InChI=1S/C22H27ClN4O6S/c1-3-26-20(24)19(21(29)27(4-2)22(26)30)25-18(28)8-6-14-5-7-17(16(23)13-14)33-15-9-11-34(31,32)12-10-15/h5-8,13,15H,3-4,9-12,24H2,1-2H3,(H,25,28)/b8-6+. The number of aromatic nitrogens is 2. The van der Waals surface area contributed by atoms with Crippen molar-refractivity contribution in [2.75, 3.05) is 22.6 Å². The van der Waals surface area contributed by atoms with Crippen molar-refractivity contribution in [1.29, 1.82) is 0 Å². The van der Waals surface area contributed by atoms with E-state index in [0.717, 1.165) is 4.57 Å². The monoisotopic (exact) mass is 510 g/mol. The van der Waals surface area contributed by atoms with Crippen LogP contribution >= 0.6 is 11.6 Å². The number of carbonyl (C=O) groups is 1. The Bertz CT molecular complexity index is 1330. The summed E-state index contributed by atoms with van der Waals surface area (Å²) in [6, 6.07) is 4.95. The molecular formula is C22H27ClN4O6S. The molecule has 10 nitrogen and oxygen atoms in total. The van der Waals surface area contributed by atoms with E-state index in [-0.39, 0.29) is 42.2 Å². The van der Waals surface area contributed by atoms with Crippen molar-refractivity contribution in [3.63, 3.8) is 0 Å². The molecule has 184 valence electrons. The Morgan fingerprint density at radius 3 is 2.44 bits per heavy atom. The van der Waals surface area contributed by atoms with Crippen molar-refractivity contribution in [2.24, 2.45) is 0 Å². The number of halogens is 1. The number of benzene rings is 1. The van der Waals surface area contributed by atoms with Crippen LogP contribution in [0.3, 0.4) is 0 Å². The summed E-state index contributed by atoms with van der Waals surface area (Å²) in [6.07, 6.45) is 3.32. The molecule has 2 heterocycles. The Morgan fingerprint density at radius 2 is 1.85 bits per heavy atom. The number of sulfone groups is 1. The van der Waals surface area contributed by atoms with E-state index in [0.29, 0.717) is 29.2 Å². The molecule has 3 N–H and O–H groups in total. The van der Waals surface area contributed by atoms with Crippen LogP contribution in [0.15, 0.2) is 33.9 Å². The number of amides is 1. The van der Waals surface area contributed by atoms with Gasteiger partial charge in [-0.2, -0.15) is 0 Å². The van der Waals surface area contributed by atoms with Gasteiger partial charge in [-0.05, 0) is 50.5 Å². The average molecular weight is 511 g/mol. The van der Waals surface area contributed by atoms with Gasteiger partial charge in [0.25, 0.3) is 5.56 Å². The largest absolute Gasteiger partial charge is 0.489 e. The lowest BCUT2D eigenvalue weighted by atomic mass is 10.2. The van der Waals surface area contributed by atoms with Gasteiger partial charge in [-0.1, -0.05) is 17.7 Å². The maximum atomic E-state index is 12.6. The summed E-state index contributed by atoms with van der Waals surface area (Å²) >= 11 is 6.30.